The van der Waals surface area contributed by atoms with Crippen LogP contribution in [0.2, 0.25) is 0 Å². The van der Waals surface area contributed by atoms with E-state index in [0.29, 0.717) is 16.9 Å². The molecule has 0 aliphatic heterocycles. The molecule has 0 bridgehead atoms. The summed E-state index contributed by atoms with van der Waals surface area (Å²) in [7, 11) is 1.44. The molecule has 0 saturated carbocycles. The van der Waals surface area contributed by atoms with Crippen LogP contribution in [0.3, 0.4) is 0 Å². The van der Waals surface area contributed by atoms with Crippen molar-refractivity contribution in [1.82, 2.24) is 5.32 Å². The largest absolute Gasteiger partial charge is 0.496 e. The van der Waals surface area contributed by atoms with Gasteiger partial charge in [-0.3, -0.25) is 4.79 Å². The van der Waals surface area contributed by atoms with Gasteiger partial charge in [0.15, 0.2) is 5.78 Å². The summed E-state index contributed by atoms with van der Waals surface area (Å²) in [5, 5.41) is 23.2. The Kier molecular flexibility index (Phi) is 7.98. The van der Waals surface area contributed by atoms with Crippen molar-refractivity contribution < 1.29 is 29.3 Å². The Bertz CT molecular complexity index is 793. The minimum absolute atomic E-state index is 0.0923. The Balaban J connectivity index is 1.85. The highest BCUT2D eigenvalue weighted by molar-refractivity contribution is 5.94. The average Bonchev–Trinajstić information content (AvgIpc) is 2.71. The summed E-state index contributed by atoms with van der Waals surface area (Å²) in [6.07, 6.45) is -2.95. The number of benzene rings is 2. The van der Waals surface area contributed by atoms with Crippen LogP contribution in [-0.2, 0) is 11.3 Å². The van der Waals surface area contributed by atoms with Crippen LogP contribution in [0, 0.1) is 0 Å². The van der Waals surface area contributed by atoms with E-state index in [0.717, 1.165) is 5.56 Å². The van der Waals surface area contributed by atoms with E-state index in [1.807, 2.05) is 30.3 Å². The zero-order chi connectivity index (χ0) is 20.5. The third-order valence-corrected chi connectivity index (χ3v) is 4.24. The van der Waals surface area contributed by atoms with Gasteiger partial charge < -0.3 is 25.0 Å². The smallest absolute Gasteiger partial charge is 0.407 e. The van der Waals surface area contributed by atoms with E-state index >= 15 is 0 Å². The van der Waals surface area contributed by atoms with Crippen LogP contribution < -0.4 is 10.1 Å². The fraction of sp³-hybridized carbons (Fsp3) is 0.333. The van der Waals surface area contributed by atoms with Crippen LogP contribution >= 0.6 is 0 Å². The molecule has 0 aliphatic rings. The SMILES string of the molecule is COc1ccc(C(C)=O)cc1C(O)C(O)CCNC(=O)OCc1ccccc1. The van der Waals surface area contributed by atoms with Crippen molar-refractivity contribution in [3.8, 4) is 5.75 Å². The summed E-state index contributed by atoms with van der Waals surface area (Å²) in [6.45, 7) is 1.67. The molecular formula is C21H25NO6. The van der Waals surface area contributed by atoms with Gasteiger partial charge in [0.05, 0.1) is 13.2 Å². The lowest BCUT2D eigenvalue weighted by molar-refractivity contribution is 0.0123. The van der Waals surface area contributed by atoms with Gasteiger partial charge in [-0.25, -0.2) is 4.79 Å². The molecule has 7 nitrogen and oxygen atoms in total. The minimum atomic E-state index is -1.27. The summed E-state index contributed by atoms with van der Waals surface area (Å²) in [5.74, 6) is 0.209. The summed E-state index contributed by atoms with van der Waals surface area (Å²) in [6, 6.07) is 13.9. The predicted molar refractivity (Wildman–Crippen MR) is 103 cm³/mol. The molecule has 0 heterocycles. The lowest BCUT2D eigenvalue weighted by Crippen LogP contribution is -2.30. The molecule has 0 aromatic heterocycles. The number of aliphatic hydroxyl groups is 2. The van der Waals surface area contributed by atoms with Gasteiger partial charge in [0.1, 0.15) is 18.5 Å². The number of carbonyl (C=O) groups excluding carboxylic acids is 2. The van der Waals surface area contributed by atoms with Crippen LogP contribution in [0.1, 0.15) is 40.9 Å². The van der Waals surface area contributed by atoms with Gasteiger partial charge >= 0.3 is 6.09 Å². The molecular weight excluding hydrogens is 362 g/mol. The van der Waals surface area contributed by atoms with E-state index in [1.165, 1.54) is 20.1 Å². The first-order valence-corrected chi connectivity index (χ1v) is 8.92. The molecule has 0 saturated heterocycles. The highest BCUT2D eigenvalue weighted by Gasteiger charge is 2.23. The van der Waals surface area contributed by atoms with Crippen LogP contribution in [0.25, 0.3) is 0 Å². The number of amides is 1. The molecule has 2 atom stereocenters. The summed E-state index contributed by atoms with van der Waals surface area (Å²) in [4.78, 5) is 23.3. The topological polar surface area (TPSA) is 105 Å². The Labute approximate surface area is 163 Å². The number of rotatable bonds is 9. The van der Waals surface area contributed by atoms with Gasteiger partial charge in [0, 0.05) is 17.7 Å². The molecule has 0 spiro atoms. The van der Waals surface area contributed by atoms with Gasteiger partial charge in [0.2, 0.25) is 0 Å². The van der Waals surface area contributed by atoms with E-state index in [4.69, 9.17) is 9.47 Å². The number of ketones is 1. The van der Waals surface area contributed by atoms with E-state index in [-0.39, 0.29) is 25.4 Å². The molecule has 2 rings (SSSR count). The van der Waals surface area contributed by atoms with Crippen LogP contribution in [0.4, 0.5) is 4.79 Å². The molecule has 28 heavy (non-hydrogen) atoms. The highest BCUT2D eigenvalue weighted by Crippen LogP contribution is 2.29. The molecule has 2 aromatic rings. The average molecular weight is 387 g/mol. The summed E-state index contributed by atoms with van der Waals surface area (Å²) in [5.41, 5.74) is 1.59. The normalized spacial score (nSPS) is 12.7. The van der Waals surface area contributed by atoms with Gasteiger partial charge in [-0.05, 0) is 37.1 Å². The van der Waals surface area contributed by atoms with Crippen LogP contribution in [-0.4, -0.2) is 41.8 Å². The number of ether oxygens (including phenoxy) is 2. The summed E-state index contributed by atoms with van der Waals surface area (Å²) >= 11 is 0. The molecule has 1 amide bonds. The molecule has 7 heteroatoms. The van der Waals surface area contributed by atoms with E-state index in [9.17, 15) is 19.8 Å². The molecule has 0 radical (unpaired) electrons. The third-order valence-electron chi connectivity index (χ3n) is 4.24. The van der Waals surface area contributed by atoms with Gasteiger partial charge in [-0.15, -0.1) is 0 Å². The second kappa shape index (κ2) is 10.4. The van der Waals surface area contributed by atoms with E-state index in [1.54, 1.807) is 12.1 Å². The first-order valence-electron chi connectivity index (χ1n) is 8.92. The number of Topliss-reactive ketones (excluding diaryl/α,β-unsaturated/α-hetero) is 1. The number of carbonyl (C=O) groups is 2. The van der Waals surface area contributed by atoms with Crippen molar-refractivity contribution >= 4 is 11.9 Å². The number of nitrogens with one attached hydrogen (secondary N) is 1. The Morgan fingerprint density at radius 2 is 1.82 bits per heavy atom. The number of methoxy groups -OCH3 is 1. The van der Waals surface area contributed by atoms with E-state index < -0.39 is 18.3 Å². The second-order valence-corrected chi connectivity index (χ2v) is 6.30. The number of hydrogen-bond donors (Lipinski definition) is 3. The lowest BCUT2D eigenvalue weighted by Gasteiger charge is -2.21. The van der Waals surface area contributed by atoms with Gasteiger partial charge in [0.25, 0.3) is 0 Å². The monoisotopic (exact) mass is 387 g/mol. The number of hydrogen-bond acceptors (Lipinski definition) is 6. The fourth-order valence-electron chi connectivity index (χ4n) is 2.65. The van der Waals surface area contributed by atoms with Crippen molar-refractivity contribution in [3.63, 3.8) is 0 Å². The predicted octanol–water partition coefficient (Wildman–Crippen LogP) is 2.61. The van der Waals surface area contributed by atoms with Crippen molar-refractivity contribution in [3.05, 3.63) is 65.2 Å². The molecule has 2 unspecified atom stereocenters. The maximum atomic E-state index is 11.7. The van der Waals surface area contributed by atoms with Crippen molar-refractivity contribution in [2.24, 2.45) is 0 Å². The van der Waals surface area contributed by atoms with Gasteiger partial charge in [-0.2, -0.15) is 0 Å². The Hall–Kier alpha value is -2.90. The van der Waals surface area contributed by atoms with Crippen molar-refractivity contribution in [1.29, 1.82) is 0 Å². The fourth-order valence-corrected chi connectivity index (χ4v) is 2.65. The lowest BCUT2D eigenvalue weighted by atomic mass is 9.98. The zero-order valence-corrected chi connectivity index (χ0v) is 15.9. The number of aliphatic hydroxyl groups excluding tert-OH is 2. The molecule has 0 fully saturated rings. The molecule has 150 valence electrons. The van der Waals surface area contributed by atoms with Crippen LogP contribution in [0.5, 0.6) is 5.75 Å². The third kappa shape index (κ3) is 6.07. The van der Waals surface area contributed by atoms with Crippen LogP contribution in [0.15, 0.2) is 48.5 Å². The standard InChI is InChI=1S/C21H25NO6/c1-14(23)16-8-9-19(27-2)17(12-16)20(25)18(24)10-11-22-21(26)28-13-15-6-4-3-5-7-15/h3-9,12,18,20,24-25H,10-11,13H2,1-2H3,(H,22,26). The van der Waals surface area contributed by atoms with Crippen molar-refractivity contribution in [2.45, 2.75) is 32.2 Å². The number of alkyl carbamates (subject to hydrolysis) is 1. The highest BCUT2D eigenvalue weighted by atomic mass is 16.5. The quantitative estimate of drug-likeness (QED) is 0.571. The minimum Gasteiger partial charge on any atom is -0.496 e. The summed E-state index contributed by atoms with van der Waals surface area (Å²) < 4.78 is 10.3. The zero-order valence-electron chi connectivity index (χ0n) is 15.9. The van der Waals surface area contributed by atoms with E-state index in [2.05, 4.69) is 5.32 Å². The van der Waals surface area contributed by atoms with Crippen molar-refractivity contribution in [2.75, 3.05) is 13.7 Å². The Morgan fingerprint density at radius 1 is 1.11 bits per heavy atom. The Morgan fingerprint density at radius 3 is 2.46 bits per heavy atom. The maximum absolute atomic E-state index is 11.7. The maximum Gasteiger partial charge on any atom is 0.407 e. The molecule has 2 aromatic carbocycles. The first-order chi connectivity index (χ1) is 13.4. The first kappa shape index (κ1) is 21.4. The second-order valence-electron chi connectivity index (χ2n) is 6.30. The molecule has 0 aliphatic carbocycles. The van der Waals surface area contributed by atoms with Gasteiger partial charge in [-0.1, -0.05) is 30.3 Å². The molecule has 3 N–H and O–H groups in total.